The van der Waals surface area contributed by atoms with Crippen LogP contribution in [-0.4, -0.2) is 49.7 Å². The number of carboxylic acids is 1. The summed E-state index contributed by atoms with van der Waals surface area (Å²) in [7, 11) is 1.52. The van der Waals surface area contributed by atoms with Crippen LogP contribution in [-0.2, 0) is 20.7 Å². The largest absolute Gasteiger partial charge is 0.478 e. The maximum atomic E-state index is 11.7. The molecule has 114 valence electrons. The Balaban J connectivity index is 2.44. The number of carboxylic acid groups (broad SMARTS) is 1. The summed E-state index contributed by atoms with van der Waals surface area (Å²) < 4.78 is 4.77. The van der Waals surface area contributed by atoms with Crippen LogP contribution >= 0.6 is 0 Å². The second-order valence-electron chi connectivity index (χ2n) is 4.26. The molecule has 0 unspecified atom stereocenters. The number of methoxy groups -OCH3 is 1. The number of benzene rings is 1. The quantitative estimate of drug-likeness (QED) is 0.576. The van der Waals surface area contributed by atoms with Gasteiger partial charge in [0.1, 0.15) is 0 Å². The summed E-state index contributed by atoms with van der Waals surface area (Å²) in [4.78, 5) is 34.1. The smallest absolute Gasteiger partial charge is 0.335 e. The van der Waals surface area contributed by atoms with Gasteiger partial charge in [-0.3, -0.25) is 9.59 Å². The van der Waals surface area contributed by atoms with Crippen molar-refractivity contribution in [2.45, 2.75) is 6.42 Å². The Morgan fingerprint density at radius 3 is 2.52 bits per heavy atom. The molecule has 1 rings (SSSR count). The predicted molar refractivity (Wildman–Crippen MR) is 75.0 cm³/mol. The number of ether oxygens (including phenoxy) is 1. The lowest BCUT2D eigenvalue weighted by atomic mass is 10.0. The molecule has 0 aliphatic rings. The molecule has 3 N–H and O–H groups in total. The van der Waals surface area contributed by atoms with Crippen molar-refractivity contribution in [1.82, 2.24) is 10.6 Å². The summed E-state index contributed by atoms with van der Waals surface area (Å²) in [6.45, 7) is 0.608. The maximum absolute atomic E-state index is 11.7. The average molecular weight is 294 g/mol. The molecule has 7 nitrogen and oxygen atoms in total. The first-order valence-corrected chi connectivity index (χ1v) is 6.38. The molecule has 1 aromatic rings. The van der Waals surface area contributed by atoms with Crippen LogP contribution in [0, 0.1) is 0 Å². The average Bonchev–Trinajstić information content (AvgIpc) is 2.46. The van der Waals surface area contributed by atoms with E-state index in [1.807, 2.05) is 0 Å². The fourth-order valence-corrected chi connectivity index (χ4v) is 1.65. The molecule has 1 aromatic carbocycles. The second kappa shape index (κ2) is 8.70. The van der Waals surface area contributed by atoms with Crippen LogP contribution in [0.5, 0.6) is 0 Å². The fraction of sp³-hybridized carbons (Fsp3) is 0.357. The Labute approximate surface area is 122 Å². The molecule has 2 amide bonds. The number of carbonyl (C=O) groups excluding carboxylic acids is 2. The van der Waals surface area contributed by atoms with Crippen molar-refractivity contribution in [2.75, 3.05) is 26.8 Å². The van der Waals surface area contributed by atoms with Gasteiger partial charge in [0.2, 0.25) is 11.8 Å². The lowest BCUT2D eigenvalue weighted by molar-refractivity contribution is -0.125. The van der Waals surface area contributed by atoms with Gasteiger partial charge in [0.25, 0.3) is 0 Å². The Bertz CT molecular complexity index is 516. The van der Waals surface area contributed by atoms with Gasteiger partial charge in [0, 0.05) is 13.7 Å². The maximum Gasteiger partial charge on any atom is 0.335 e. The van der Waals surface area contributed by atoms with Gasteiger partial charge in [-0.05, 0) is 11.6 Å². The number of hydrogen-bond donors (Lipinski definition) is 3. The van der Waals surface area contributed by atoms with Gasteiger partial charge in [-0.25, -0.2) is 4.79 Å². The van der Waals surface area contributed by atoms with E-state index in [0.29, 0.717) is 18.7 Å². The summed E-state index contributed by atoms with van der Waals surface area (Å²) >= 11 is 0. The highest BCUT2D eigenvalue weighted by molar-refractivity contribution is 5.92. The predicted octanol–water partition coefficient (Wildman–Crippen LogP) is -0.194. The van der Waals surface area contributed by atoms with Crippen molar-refractivity contribution >= 4 is 17.8 Å². The highest BCUT2D eigenvalue weighted by atomic mass is 16.5. The number of hydrogen-bond acceptors (Lipinski definition) is 4. The van der Waals surface area contributed by atoms with E-state index in [1.54, 1.807) is 18.2 Å². The zero-order chi connectivity index (χ0) is 15.7. The molecule has 0 radical (unpaired) electrons. The van der Waals surface area contributed by atoms with Crippen molar-refractivity contribution in [3.63, 3.8) is 0 Å². The monoisotopic (exact) mass is 294 g/mol. The number of nitrogens with one attached hydrogen (secondary N) is 2. The fourth-order valence-electron chi connectivity index (χ4n) is 1.65. The van der Waals surface area contributed by atoms with Crippen molar-refractivity contribution in [3.8, 4) is 0 Å². The van der Waals surface area contributed by atoms with Gasteiger partial charge in [0.15, 0.2) is 0 Å². The Morgan fingerprint density at radius 2 is 1.86 bits per heavy atom. The first kappa shape index (κ1) is 16.6. The first-order chi connectivity index (χ1) is 10.0. The molecule has 21 heavy (non-hydrogen) atoms. The summed E-state index contributed by atoms with van der Waals surface area (Å²) in [6.07, 6.45) is -0.0895. The van der Waals surface area contributed by atoms with Gasteiger partial charge in [0.05, 0.1) is 25.1 Å². The van der Waals surface area contributed by atoms with Gasteiger partial charge in [-0.15, -0.1) is 0 Å². The van der Waals surface area contributed by atoms with Gasteiger partial charge in [-0.1, -0.05) is 18.2 Å². The molecule has 0 heterocycles. The first-order valence-electron chi connectivity index (χ1n) is 6.38. The van der Waals surface area contributed by atoms with Crippen LogP contribution in [0.1, 0.15) is 15.9 Å². The molecule has 0 atom stereocenters. The third-order valence-corrected chi connectivity index (χ3v) is 2.67. The summed E-state index contributed by atoms with van der Waals surface area (Å²) in [5.74, 6) is -1.83. The highest BCUT2D eigenvalue weighted by Crippen LogP contribution is 2.09. The second-order valence-corrected chi connectivity index (χ2v) is 4.26. The van der Waals surface area contributed by atoms with E-state index < -0.39 is 11.9 Å². The number of carbonyl (C=O) groups is 3. The molecule has 0 saturated heterocycles. The third kappa shape index (κ3) is 6.05. The molecule has 0 bridgehead atoms. The van der Waals surface area contributed by atoms with E-state index in [0.717, 1.165) is 0 Å². The Kier molecular flexibility index (Phi) is 6.90. The molecule has 0 fully saturated rings. The lowest BCUT2D eigenvalue weighted by Gasteiger charge is -2.08. The summed E-state index contributed by atoms with van der Waals surface area (Å²) in [5, 5.41) is 14.0. The van der Waals surface area contributed by atoms with Crippen LogP contribution in [0.25, 0.3) is 0 Å². The van der Waals surface area contributed by atoms with Crippen LogP contribution in [0.2, 0.25) is 0 Å². The minimum atomic E-state index is -1.09. The van der Waals surface area contributed by atoms with Crippen molar-refractivity contribution in [2.24, 2.45) is 0 Å². The summed E-state index contributed by atoms with van der Waals surface area (Å²) in [6, 6.07) is 6.25. The van der Waals surface area contributed by atoms with Gasteiger partial charge in [-0.2, -0.15) is 0 Å². The molecule has 0 spiro atoms. The molecule has 0 aliphatic heterocycles. The van der Waals surface area contributed by atoms with E-state index in [4.69, 9.17) is 9.84 Å². The standard InChI is InChI=1S/C14H18N2O5/c1-21-7-6-15-13(18)9-16-12(17)8-10-4-2-3-5-11(10)14(19)20/h2-5H,6-9H2,1H3,(H,15,18)(H,16,17)(H,19,20). The molecular formula is C14H18N2O5. The summed E-state index contributed by atoms with van der Waals surface area (Å²) in [5.41, 5.74) is 0.486. The van der Waals surface area contributed by atoms with E-state index in [1.165, 1.54) is 13.2 Å². The zero-order valence-electron chi connectivity index (χ0n) is 11.7. The Hall–Kier alpha value is -2.41. The number of amides is 2. The highest BCUT2D eigenvalue weighted by Gasteiger charge is 2.12. The van der Waals surface area contributed by atoms with E-state index in [-0.39, 0.29) is 24.4 Å². The van der Waals surface area contributed by atoms with Crippen molar-refractivity contribution < 1.29 is 24.2 Å². The molecule has 7 heteroatoms. The van der Waals surface area contributed by atoms with Crippen molar-refractivity contribution in [1.29, 1.82) is 0 Å². The van der Waals surface area contributed by atoms with E-state index >= 15 is 0 Å². The van der Waals surface area contributed by atoms with Crippen LogP contribution in [0.15, 0.2) is 24.3 Å². The van der Waals surface area contributed by atoms with Crippen LogP contribution in [0.3, 0.4) is 0 Å². The van der Waals surface area contributed by atoms with E-state index in [2.05, 4.69) is 10.6 Å². The van der Waals surface area contributed by atoms with Crippen LogP contribution in [0.4, 0.5) is 0 Å². The lowest BCUT2D eigenvalue weighted by Crippen LogP contribution is -2.38. The topological polar surface area (TPSA) is 105 Å². The Morgan fingerprint density at radius 1 is 1.14 bits per heavy atom. The molecule has 0 saturated carbocycles. The molecule has 0 aliphatic carbocycles. The number of aromatic carboxylic acids is 1. The normalized spacial score (nSPS) is 9.95. The minimum absolute atomic E-state index is 0.0807. The van der Waals surface area contributed by atoms with Gasteiger partial charge < -0.3 is 20.5 Å². The SMILES string of the molecule is COCCNC(=O)CNC(=O)Cc1ccccc1C(=O)O. The zero-order valence-corrected chi connectivity index (χ0v) is 11.7. The van der Waals surface area contributed by atoms with Gasteiger partial charge >= 0.3 is 5.97 Å². The number of rotatable bonds is 8. The molecular weight excluding hydrogens is 276 g/mol. The third-order valence-electron chi connectivity index (χ3n) is 2.67. The molecule has 0 aromatic heterocycles. The van der Waals surface area contributed by atoms with E-state index in [9.17, 15) is 14.4 Å². The van der Waals surface area contributed by atoms with Crippen LogP contribution < -0.4 is 10.6 Å². The minimum Gasteiger partial charge on any atom is -0.478 e. The van der Waals surface area contributed by atoms with Crippen molar-refractivity contribution in [3.05, 3.63) is 35.4 Å².